The monoisotopic (exact) mass is 254 g/mol. The maximum atomic E-state index is 12.0. The highest BCUT2D eigenvalue weighted by molar-refractivity contribution is 5.94. The second kappa shape index (κ2) is 4.51. The Kier molecular flexibility index (Phi) is 2.99. The molecule has 6 heteroatoms. The van der Waals surface area contributed by atoms with Gasteiger partial charge >= 0.3 is 6.09 Å². The molecule has 3 heterocycles. The third-order valence-corrected chi connectivity index (χ3v) is 4.24. The summed E-state index contributed by atoms with van der Waals surface area (Å²) in [6.07, 6.45) is 2.82. The van der Waals surface area contributed by atoms with Crippen molar-refractivity contribution in [1.29, 1.82) is 0 Å². The molecule has 3 saturated heterocycles. The van der Waals surface area contributed by atoms with Gasteiger partial charge in [-0.2, -0.15) is 0 Å². The number of nitrogens with zero attached hydrogens (tertiary/aromatic N) is 2. The number of fused-ring (bicyclic) bond motifs is 2. The molecule has 100 valence electrons. The van der Waals surface area contributed by atoms with E-state index in [1.807, 2.05) is 0 Å². The molecule has 0 radical (unpaired) electrons. The first-order valence-corrected chi connectivity index (χ1v) is 6.56. The SMILES string of the molecule is O=C(CN1C2CCC1CC(O)C2)N1CCOC1=O. The van der Waals surface area contributed by atoms with Crippen LogP contribution in [0.25, 0.3) is 0 Å². The molecule has 3 aliphatic rings. The molecule has 3 aliphatic heterocycles. The number of amides is 2. The number of carbonyl (C=O) groups is 2. The predicted octanol–water partition coefficient (Wildman–Crippen LogP) is -0.0471. The van der Waals surface area contributed by atoms with E-state index in [-0.39, 0.29) is 18.6 Å². The predicted molar refractivity (Wildman–Crippen MR) is 61.8 cm³/mol. The Hall–Kier alpha value is -1.14. The van der Waals surface area contributed by atoms with Gasteiger partial charge in [-0.25, -0.2) is 9.69 Å². The fourth-order valence-corrected chi connectivity index (χ4v) is 3.37. The summed E-state index contributed by atoms with van der Waals surface area (Å²) in [5, 5.41) is 9.70. The maximum absolute atomic E-state index is 12.0. The van der Waals surface area contributed by atoms with E-state index in [4.69, 9.17) is 4.74 Å². The number of piperidine rings is 1. The average molecular weight is 254 g/mol. The molecule has 18 heavy (non-hydrogen) atoms. The van der Waals surface area contributed by atoms with Gasteiger partial charge in [-0.05, 0) is 25.7 Å². The number of ether oxygens (including phenoxy) is 1. The molecule has 0 saturated carbocycles. The zero-order valence-corrected chi connectivity index (χ0v) is 10.2. The van der Waals surface area contributed by atoms with Gasteiger partial charge in [0, 0.05) is 12.1 Å². The van der Waals surface area contributed by atoms with E-state index in [1.165, 1.54) is 4.90 Å². The van der Waals surface area contributed by atoms with Crippen molar-refractivity contribution in [2.75, 3.05) is 19.7 Å². The molecular formula is C12H18N2O4. The number of hydrogen-bond donors (Lipinski definition) is 1. The number of rotatable bonds is 2. The summed E-state index contributed by atoms with van der Waals surface area (Å²) >= 11 is 0. The molecule has 2 atom stereocenters. The normalized spacial score (nSPS) is 35.9. The van der Waals surface area contributed by atoms with E-state index >= 15 is 0 Å². The Morgan fingerprint density at radius 2 is 2.00 bits per heavy atom. The quantitative estimate of drug-likeness (QED) is 0.748. The lowest BCUT2D eigenvalue weighted by Crippen LogP contribution is -2.50. The summed E-state index contributed by atoms with van der Waals surface area (Å²) in [4.78, 5) is 26.7. The number of imide groups is 1. The number of hydrogen-bond acceptors (Lipinski definition) is 5. The van der Waals surface area contributed by atoms with Crippen LogP contribution in [0, 0.1) is 0 Å². The minimum absolute atomic E-state index is 0.175. The molecule has 3 rings (SSSR count). The van der Waals surface area contributed by atoms with Gasteiger partial charge in [-0.1, -0.05) is 0 Å². The summed E-state index contributed by atoms with van der Waals surface area (Å²) < 4.78 is 4.77. The molecular weight excluding hydrogens is 236 g/mol. The lowest BCUT2D eigenvalue weighted by atomic mass is 10.00. The van der Waals surface area contributed by atoms with Gasteiger partial charge in [0.1, 0.15) is 6.61 Å². The average Bonchev–Trinajstić information content (AvgIpc) is 2.83. The summed E-state index contributed by atoms with van der Waals surface area (Å²) in [6.45, 7) is 0.941. The second-order valence-electron chi connectivity index (χ2n) is 5.34. The number of aliphatic hydroxyl groups excluding tert-OH is 1. The molecule has 3 fully saturated rings. The third-order valence-electron chi connectivity index (χ3n) is 4.24. The van der Waals surface area contributed by atoms with Crippen LogP contribution in [0.15, 0.2) is 0 Å². The molecule has 0 aromatic heterocycles. The Morgan fingerprint density at radius 1 is 1.33 bits per heavy atom. The highest BCUT2D eigenvalue weighted by atomic mass is 16.6. The standard InChI is InChI=1S/C12H18N2O4/c15-10-5-8-1-2-9(6-10)14(8)7-11(16)13-3-4-18-12(13)17/h8-10,15H,1-7H2. The Balaban J connectivity index is 1.63. The lowest BCUT2D eigenvalue weighted by Gasteiger charge is -2.36. The summed E-state index contributed by atoms with van der Waals surface area (Å²) in [5.74, 6) is -0.175. The van der Waals surface area contributed by atoms with Gasteiger partial charge < -0.3 is 9.84 Å². The maximum Gasteiger partial charge on any atom is 0.416 e. The Labute approximate surface area is 105 Å². The van der Waals surface area contributed by atoms with Crippen molar-refractivity contribution in [2.45, 2.75) is 43.9 Å². The minimum Gasteiger partial charge on any atom is -0.447 e. The fourth-order valence-electron chi connectivity index (χ4n) is 3.37. The molecule has 6 nitrogen and oxygen atoms in total. The second-order valence-corrected chi connectivity index (χ2v) is 5.34. The van der Waals surface area contributed by atoms with Crippen LogP contribution in [0.4, 0.5) is 4.79 Å². The first-order valence-electron chi connectivity index (χ1n) is 6.56. The van der Waals surface area contributed by atoms with Gasteiger partial charge in [-0.3, -0.25) is 9.69 Å². The van der Waals surface area contributed by atoms with Gasteiger partial charge in [0.2, 0.25) is 5.91 Å². The van der Waals surface area contributed by atoms with Crippen LogP contribution in [-0.4, -0.2) is 64.8 Å². The van der Waals surface area contributed by atoms with Crippen LogP contribution < -0.4 is 0 Å². The van der Waals surface area contributed by atoms with Gasteiger partial charge in [0.05, 0.1) is 19.2 Å². The van der Waals surface area contributed by atoms with E-state index in [2.05, 4.69) is 4.90 Å². The first kappa shape index (κ1) is 11.9. The van der Waals surface area contributed by atoms with Crippen LogP contribution in [-0.2, 0) is 9.53 Å². The van der Waals surface area contributed by atoms with Gasteiger partial charge in [0.15, 0.2) is 0 Å². The van der Waals surface area contributed by atoms with Crippen LogP contribution in [0.5, 0.6) is 0 Å². The Morgan fingerprint density at radius 3 is 2.56 bits per heavy atom. The molecule has 0 aromatic rings. The Bertz CT molecular complexity index is 359. The van der Waals surface area contributed by atoms with Gasteiger partial charge in [0.25, 0.3) is 0 Å². The zero-order chi connectivity index (χ0) is 12.7. The van der Waals surface area contributed by atoms with Crippen LogP contribution >= 0.6 is 0 Å². The summed E-state index contributed by atoms with van der Waals surface area (Å²) in [6, 6.07) is 0.586. The lowest BCUT2D eigenvalue weighted by molar-refractivity contribution is -0.130. The van der Waals surface area contributed by atoms with Crippen molar-refractivity contribution in [1.82, 2.24) is 9.80 Å². The smallest absolute Gasteiger partial charge is 0.416 e. The van der Waals surface area contributed by atoms with Crippen LogP contribution in [0.1, 0.15) is 25.7 Å². The van der Waals surface area contributed by atoms with Crippen molar-refractivity contribution >= 4 is 12.0 Å². The van der Waals surface area contributed by atoms with E-state index in [0.717, 1.165) is 25.7 Å². The number of aliphatic hydroxyl groups is 1. The zero-order valence-electron chi connectivity index (χ0n) is 10.2. The molecule has 2 unspecified atom stereocenters. The van der Waals surface area contributed by atoms with Gasteiger partial charge in [-0.15, -0.1) is 0 Å². The molecule has 0 aromatic carbocycles. The molecule has 0 aliphatic carbocycles. The summed E-state index contributed by atoms with van der Waals surface area (Å²) in [7, 11) is 0. The van der Waals surface area contributed by atoms with E-state index in [1.54, 1.807) is 0 Å². The largest absolute Gasteiger partial charge is 0.447 e. The van der Waals surface area contributed by atoms with Crippen molar-refractivity contribution in [2.24, 2.45) is 0 Å². The van der Waals surface area contributed by atoms with E-state index in [0.29, 0.717) is 25.2 Å². The van der Waals surface area contributed by atoms with Crippen LogP contribution in [0.2, 0.25) is 0 Å². The summed E-state index contributed by atoms with van der Waals surface area (Å²) in [5.41, 5.74) is 0. The topological polar surface area (TPSA) is 70.1 Å². The molecule has 1 N–H and O–H groups in total. The van der Waals surface area contributed by atoms with Crippen molar-refractivity contribution in [3.8, 4) is 0 Å². The molecule has 2 amide bonds. The minimum atomic E-state index is -0.524. The van der Waals surface area contributed by atoms with Crippen molar-refractivity contribution in [3.63, 3.8) is 0 Å². The first-order chi connectivity index (χ1) is 8.65. The number of carbonyl (C=O) groups excluding carboxylic acids is 2. The number of cyclic esters (lactones) is 1. The fraction of sp³-hybridized carbons (Fsp3) is 0.833. The van der Waals surface area contributed by atoms with Crippen LogP contribution in [0.3, 0.4) is 0 Å². The highest BCUT2D eigenvalue weighted by Crippen LogP contribution is 2.35. The molecule has 2 bridgehead atoms. The molecule has 0 spiro atoms. The van der Waals surface area contributed by atoms with E-state index in [9.17, 15) is 14.7 Å². The highest BCUT2D eigenvalue weighted by Gasteiger charge is 2.42. The van der Waals surface area contributed by atoms with E-state index < -0.39 is 6.09 Å². The van der Waals surface area contributed by atoms with Crippen molar-refractivity contribution < 1.29 is 19.4 Å². The third kappa shape index (κ3) is 1.99. The van der Waals surface area contributed by atoms with Crippen molar-refractivity contribution in [3.05, 3.63) is 0 Å².